The number of benzene rings is 1. The number of nitrogens with zero attached hydrogens (tertiary/aromatic N) is 1. The van der Waals surface area contributed by atoms with Gasteiger partial charge in [0, 0.05) is 11.4 Å². The maximum absolute atomic E-state index is 12.8. The Morgan fingerprint density at radius 2 is 2.11 bits per heavy atom. The minimum absolute atomic E-state index is 0.106. The number of carbonyl (C=O) groups excluding carboxylic acids is 1. The van der Waals surface area contributed by atoms with Crippen LogP contribution in [0.15, 0.2) is 29.1 Å². The fourth-order valence-corrected chi connectivity index (χ4v) is 4.50. The molecule has 9 heteroatoms. The van der Waals surface area contributed by atoms with E-state index in [0.717, 1.165) is 41.8 Å². The van der Waals surface area contributed by atoms with Crippen LogP contribution in [0.1, 0.15) is 38.6 Å². The van der Waals surface area contributed by atoms with Gasteiger partial charge in [0.2, 0.25) is 5.82 Å². The van der Waals surface area contributed by atoms with Crippen LogP contribution < -0.4 is 10.9 Å². The number of hydrogen-bond donors (Lipinski definition) is 2. The number of aromatic amines is 1. The number of fused-ring (bicyclic) bond motifs is 3. The van der Waals surface area contributed by atoms with Gasteiger partial charge in [-0.3, -0.25) is 9.59 Å². The molecule has 0 radical (unpaired) electrons. The molecule has 1 aliphatic rings. The summed E-state index contributed by atoms with van der Waals surface area (Å²) < 4.78 is 38.3. The summed E-state index contributed by atoms with van der Waals surface area (Å²) in [6.07, 6.45) is -1.69. The largest absolute Gasteiger partial charge is 0.416 e. The molecule has 0 saturated carbocycles. The molecule has 1 aromatic carbocycles. The molecule has 1 amide bonds. The summed E-state index contributed by atoms with van der Waals surface area (Å²) in [7, 11) is 0. The molecule has 2 aromatic heterocycles. The Bertz CT molecular complexity index is 1100. The van der Waals surface area contributed by atoms with E-state index in [9.17, 15) is 22.8 Å². The van der Waals surface area contributed by atoms with E-state index in [1.165, 1.54) is 23.5 Å². The summed E-state index contributed by atoms with van der Waals surface area (Å²) in [5.41, 5.74) is 0.176. The van der Waals surface area contributed by atoms with Crippen molar-refractivity contribution in [3.63, 3.8) is 0 Å². The van der Waals surface area contributed by atoms with Crippen molar-refractivity contribution >= 4 is 27.5 Å². The molecule has 0 unspecified atom stereocenters. The Morgan fingerprint density at radius 1 is 1.30 bits per heavy atom. The number of H-pyrrole nitrogens is 1. The average Bonchev–Trinajstić information content (AvgIpc) is 3.19. The third-order valence-electron chi connectivity index (χ3n) is 4.50. The van der Waals surface area contributed by atoms with E-state index in [1.807, 2.05) is 0 Å². The second kappa shape index (κ2) is 6.49. The molecule has 5 nitrogen and oxygen atoms in total. The fourth-order valence-electron chi connectivity index (χ4n) is 3.23. The highest BCUT2D eigenvalue weighted by atomic mass is 32.1. The van der Waals surface area contributed by atoms with E-state index in [2.05, 4.69) is 15.3 Å². The summed E-state index contributed by atoms with van der Waals surface area (Å²) >= 11 is 1.42. The lowest BCUT2D eigenvalue weighted by Crippen LogP contribution is -2.27. The average molecular weight is 393 g/mol. The molecule has 0 fully saturated rings. The van der Waals surface area contributed by atoms with Gasteiger partial charge in [0.1, 0.15) is 4.83 Å². The Kier molecular flexibility index (Phi) is 4.26. The van der Waals surface area contributed by atoms with Gasteiger partial charge < -0.3 is 10.3 Å². The smallest absolute Gasteiger partial charge is 0.345 e. The topological polar surface area (TPSA) is 74.8 Å². The lowest BCUT2D eigenvalue weighted by atomic mass is 10.1. The summed E-state index contributed by atoms with van der Waals surface area (Å²) in [5.74, 6) is -0.778. The van der Waals surface area contributed by atoms with Crippen LogP contribution in [0.4, 0.5) is 13.2 Å². The number of thiophene rings is 1. The SMILES string of the molecule is O=C(NCc1cccc(C(F)(F)F)c1)c1nc2sc3c(c2c(=O)[nH]1)CCC3. The van der Waals surface area contributed by atoms with E-state index in [4.69, 9.17) is 0 Å². The van der Waals surface area contributed by atoms with Crippen molar-refractivity contribution in [2.75, 3.05) is 0 Å². The number of hydrogen-bond acceptors (Lipinski definition) is 4. The lowest BCUT2D eigenvalue weighted by molar-refractivity contribution is -0.137. The van der Waals surface area contributed by atoms with Crippen LogP contribution in [0.3, 0.4) is 0 Å². The van der Waals surface area contributed by atoms with Gasteiger partial charge >= 0.3 is 6.18 Å². The zero-order valence-electron chi connectivity index (χ0n) is 13.9. The molecule has 0 bridgehead atoms. The predicted octanol–water partition coefficient (Wildman–Crippen LogP) is 3.42. The van der Waals surface area contributed by atoms with E-state index >= 15 is 0 Å². The zero-order valence-corrected chi connectivity index (χ0v) is 14.8. The van der Waals surface area contributed by atoms with Crippen LogP contribution in [0.2, 0.25) is 0 Å². The van der Waals surface area contributed by atoms with Gasteiger partial charge in [-0.1, -0.05) is 12.1 Å². The van der Waals surface area contributed by atoms with Gasteiger partial charge in [-0.05, 0) is 42.5 Å². The molecule has 2 N–H and O–H groups in total. The summed E-state index contributed by atoms with van der Waals surface area (Å²) in [4.78, 5) is 33.0. The summed E-state index contributed by atoms with van der Waals surface area (Å²) in [5, 5.41) is 3.04. The first kappa shape index (κ1) is 17.7. The first-order valence-corrected chi connectivity index (χ1v) is 9.13. The monoisotopic (exact) mass is 393 g/mol. The van der Waals surface area contributed by atoms with Crippen molar-refractivity contribution in [3.05, 3.63) is 62.0 Å². The minimum atomic E-state index is -4.45. The van der Waals surface area contributed by atoms with Crippen LogP contribution in [0.5, 0.6) is 0 Å². The van der Waals surface area contributed by atoms with Gasteiger partial charge in [-0.2, -0.15) is 13.2 Å². The number of rotatable bonds is 3. The molecule has 2 heterocycles. The van der Waals surface area contributed by atoms with Crippen molar-refractivity contribution in [1.29, 1.82) is 0 Å². The lowest BCUT2D eigenvalue weighted by Gasteiger charge is -2.09. The molecule has 0 aliphatic heterocycles. The molecule has 1 aliphatic carbocycles. The second-order valence-electron chi connectivity index (χ2n) is 6.33. The highest BCUT2D eigenvalue weighted by molar-refractivity contribution is 7.18. The van der Waals surface area contributed by atoms with E-state index in [-0.39, 0.29) is 17.9 Å². The summed E-state index contributed by atoms with van der Waals surface area (Å²) in [6.45, 7) is -0.106. The highest BCUT2D eigenvalue weighted by Gasteiger charge is 2.30. The van der Waals surface area contributed by atoms with Gasteiger partial charge in [0.05, 0.1) is 10.9 Å². The molecule has 27 heavy (non-hydrogen) atoms. The number of carbonyl (C=O) groups is 1. The number of halogens is 3. The quantitative estimate of drug-likeness (QED) is 0.716. The van der Waals surface area contributed by atoms with Crippen molar-refractivity contribution in [2.45, 2.75) is 32.0 Å². The normalized spacial score (nSPS) is 13.7. The molecule has 140 valence electrons. The van der Waals surface area contributed by atoms with Crippen molar-refractivity contribution < 1.29 is 18.0 Å². The number of aromatic nitrogens is 2. The molecule has 4 rings (SSSR count). The van der Waals surface area contributed by atoms with Gasteiger partial charge in [-0.25, -0.2) is 4.98 Å². The molecule has 0 spiro atoms. The maximum atomic E-state index is 12.8. The van der Waals surface area contributed by atoms with Crippen LogP contribution in [-0.4, -0.2) is 15.9 Å². The Morgan fingerprint density at radius 3 is 2.89 bits per heavy atom. The van der Waals surface area contributed by atoms with E-state index in [0.29, 0.717) is 15.8 Å². The number of amides is 1. The number of nitrogens with one attached hydrogen (secondary N) is 2. The molecule has 3 aromatic rings. The Hall–Kier alpha value is -2.68. The minimum Gasteiger partial charge on any atom is -0.345 e. The maximum Gasteiger partial charge on any atom is 0.416 e. The third-order valence-corrected chi connectivity index (χ3v) is 5.68. The molecular formula is C18H14F3N3O2S. The fraction of sp³-hybridized carbons (Fsp3) is 0.278. The second-order valence-corrected chi connectivity index (χ2v) is 7.42. The highest BCUT2D eigenvalue weighted by Crippen LogP contribution is 2.34. The van der Waals surface area contributed by atoms with Gasteiger partial charge in [-0.15, -0.1) is 11.3 Å². The third kappa shape index (κ3) is 3.34. The Balaban J connectivity index is 1.55. The molecular weight excluding hydrogens is 379 g/mol. The summed E-state index contributed by atoms with van der Waals surface area (Å²) in [6, 6.07) is 4.71. The first-order valence-electron chi connectivity index (χ1n) is 8.32. The first-order chi connectivity index (χ1) is 12.8. The predicted molar refractivity (Wildman–Crippen MR) is 94.9 cm³/mol. The van der Waals surface area contributed by atoms with Crippen LogP contribution in [-0.2, 0) is 25.6 Å². The number of alkyl halides is 3. The van der Waals surface area contributed by atoms with Crippen molar-refractivity contribution in [3.8, 4) is 0 Å². The van der Waals surface area contributed by atoms with Crippen LogP contribution in [0, 0.1) is 0 Å². The number of aryl methyl sites for hydroxylation is 2. The van der Waals surface area contributed by atoms with Crippen LogP contribution >= 0.6 is 11.3 Å². The molecule has 0 saturated heterocycles. The van der Waals surface area contributed by atoms with Gasteiger partial charge in [0.15, 0.2) is 0 Å². The van der Waals surface area contributed by atoms with Crippen molar-refractivity contribution in [1.82, 2.24) is 15.3 Å². The van der Waals surface area contributed by atoms with E-state index in [1.54, 1.807) is 0 Å². The molecule has 0 atom stereocenters. The van der Waals surface area contributed by atoms with Crippen molar-refractivity contribution in [2.24, 2.45) is 0 Å². The van der Waals surface area contributed by atoms with E-state index < -0.39 is 17.6 Å². The van der Waals surface area contributed by atoms with Crippen LogP contribution in [0.25, 0.3) is 10.2 Å². The Labute approximate surface area is 155 Å². The standard InChI is InChI=1S/C18H14F3N3O2S/c19-18(20,21)10-4-1-3-9(7-10)8-22-16(26)14-23-15(25)13-11-5-2-6-12(11)27-17(13)24-14/h1,3-4,7H,2,5-6,8H2,(H,22,26)(H,23,24,25). The van der Waals surface area contributed by atoms with Gasteiger partial charge in [0.25, 0.3) is 11.5 Å². The zero-order chi connectivity index (χ0) is 19.2.